The maximum atomic E-state index is 5.56. The first-order chi connectivity index (χ1) is 10.2. The molecule has 21 heavy (non-hydrogen) atoms. The van der Waals surface area contributed by atoms with Crippen LogP contribution in [0.4, 0.5) is 0 Å². The van der Waals surface area contributed by atoms with E-state index in [0.29, 0.717) is 0 Å². The molecule has 1 atom stereocenters. The van der Waals surface area contributed by atoms with Gasteiger partial charge in [0.25, 0.3) is 0 Å². The summed E-state index contributed by atoms with van der Waals surface area (Å²) in [5.74, 6) is 0.937. The molecule has 0 radical (unpaired) electrons. The molecule has 2 heteroatoms. The molecule has 1 unspecified atom stereocenters. The van der Waals surface area contributed by atoms with Gasteiger partial charge in [0.15, 0.2) is 0 Å². The van der Waals surface area contributed by atoms with Crippen molar-refractivity contribution >= 4 is 0 Å². The Hall–Kier alpha value is -1.80. The minimum atomic E-state index is 0.168. The molecule has 2 rings (SSSR count). The molecule has 0 aliphatic heterocycles. The summed E-state index contributed by atoms with van der Waals surface area (Å²) in [6, 6.07) is 14.9. The number of rotatable bonds is 6. The first-order valence-electron chi connectivity index (χ1n) is 7.61. The standard InChI is InChI=1S/C19H25NO/c1-5-13-20-19(16-11-8-9-14(2)15(16)3)17-10-6-7-12-18(17)21-4/h6-12,19-20H,5,13H2,1-4H3. The summed E-state index contributed by atoms with van der Waals surface area (Å²) in [6.07, 6.45) is 1.11. The summed E-state index contributed by atoms with van der Waals surface area (Å²) in [4.78, 5) is 0. The summed E-state index contributed by atoms with van der Waals surface area (Å²) in [7, 11) is 1.73. The highest BCUT2D eigenvalue weighted by molar-refractivity contribution is 5.45. The molecular formula is C19H25NO. The van der Waals surface area contributed by atoms with E-state index in [1.165, 1.54) is 22.3 Å². The van der Waals surface area contributed by atoms with E-state index in [4.69, 9.17) is 4.74 Å². The number of methoxy groups -OCH3 is 1. The van der Waals surface area contributed by atoms with Crippen molar-refractivity contribution in [2.75, 3.05) is 13.7 Å². The average molecular weight is 283 g/mol. The number of para-hydroxylation sites is 1. The first-order valence-corrected chi connectivity index (χ1v) is 7.61. The van der Waals surface area contributed by atoms with Crippen LogP contribution in [0.15, 0.2) is 42.5 Å². The zero-order valence-electron chi connectivity index (χ0n) is 13.4. The normalized spacial score (nSPS) is 12.2. The summed E-state index contributed by atoms with van der Waals surface area (Å²) in [6.45, 7) is 7.53. The molecule has 0 aliphatic rings. The lowest BCUT2D eigenvalue weighted by Crippen LogP contribution is -2.24. The van der Waals surface area contributed by atoms with Gasteiger partial charge >= 0.3 is 0 Å². The fourth-order valence-corrected chi connectivity index (χ4v) is 2.67. The van der Waals surface area contributed by atoms with Gasteiger partial charge in [-0.15, -0.1) is 0 Å². The van der Waals surface area contributed by atoms with E-state index in [0.717, 1.165) is 18.7 Å². The molecule has 0 heterocycles. The van der Waals surface area contributed by atoms with Crippen LogP contribution < -0.4 is 10.1 Å². The van der Waals surface area contributed by atoms with Crippen LogP contribution in [-0.2, 0) is 0 Å². The van der Waals surface area contributed by atoms with Gasteiger partial charge in [0.05, 0.1) is 13.2 Å². The summed E-state index contributed by atoms with van der Waals surface area (Å²) < 4.78 is 5.56. The van der Waals surface area contributed by atoms with Gasteiger partial charge in [-0.1, -0.05) is 43.3 Å². The molecule has 0 aromatic heterocycles. The summed E-state index contributed by atoms with van der Waals surface area (Å²) in [5, 5.41) is 3.66. The van der Waals surface area contributed by atoms with Gasteiger partial charge in [0, 0.05) is 5.56 Å². The van der Waals surface area contributed by atoms with Crippen LogP contribution in [0.2, 0.25) is 0 Å². The predicted octanol–water partition coefficient (Wildman–Crippen LogP) is 4.40. The van der Waals surface area contributed by atoms with Crippen molar-refractivity contribution in [3.63, 3.8) is 0 Å². The number of ether oxygens (including phenoxy) is 1. The number of aryl methyl sites for hydroxylation is 1. The second kappa shape index (κ2) is 7.28. The monoisotopic (exact) mass is 283 g/mol. The molecule has 112 valence electrons. The van der Waals surface area contributed by atoms with Crippen LogP contribution in [0.5, 0.6) is 5.75 Å². The van der Waals surface area contributed by atoms with E-state index < -0.39 is 0 Å². The molecule has 0 amide bonds. The third-order valence-corrected chi connectivity index (χ3v) is 4.01. The molecule has 0 bridgehead atoms. The van der Waals surface area contributed by atoms with Crippen molar-refractivity contribution in [1.82, 2.24) is 5.32 Å². The molecule has 0 aliphatic carbocycles. The molecule has 0 fully saturated rings. The fraction of sp³-hybridized carbons (Fsp3) is 0.368. The molecule has 0 spiro atoms. The van der Waals surface area contributed by atoms with Gasteiger partial charge < -0.3 is 10.1 Å². The molecular weight excluding hydrogens is 258 g/mol. The number of nitrogens with one attached hydrogen (secondary N) is 1. The van der Waals surface area contributed by atoms with Crippen molar-refractivity contribution < 1.29 is 4.74 Å². The van der Waals surface area contributed by atoms with Crippen molar-refractivity contribution in [2.24, 2.45) is 0 Å². The van der Waals surface area contributed by atoms with Gasteiger partial charge in [-0.3, -0.25) is 0 Å². The van der Waals surface area contributed by atoms with Crippen LogP contribution in [0.25, 0.3) is 0 Å². The largest absolute Gasteiger partial charge is 0.496 e. The minimum Gasteiger partial charge on any atom is -0.496 e. The molecule has 1 N–H and O–H groups in total. The maximum Gasteiger partial charge on any atom is 0.123 e. The Morgan fingerprint density at radius 2 is 1.71 bits per heavy atom. The van der Waals surface area contributed by atoms with Gasteiger partial charge in [-0.2, -0.15) is 0 Å². The van der Waals surface area contributed by atoms with Crippen LogP contribution in [-0.4, -0.2) is 13.7 Å². The Morgan fingerprint density at radius 1 is 1.00 bits per heavy atom. The van der Waals surface area contributed by atoms with Gasteiger partial charge in [0.1, 0.15) is 5.75 Å². The van der Waals surface area contributed by atoms with E-state index in [1.807, 2.05) is 12.1 Å². The highest BCUT2D eigenvalue weighted by atomic mass is 16.5. The fourth-order valence-electron chi connectivity index (χ4n) is 2.67. The van der Waals surface area contributed by atoms with Crippen LogP contribution in [0.3, 0.4) is 0 Å². The van der Waals surface area contributed by atoms with Crippen molar-refractivity contribution in [2.45, 2.75) is 33.2 Å². The lowest BCUT2D eigenvalue weighted by molar-refractivity contribution is 0.403. The SMILES string of the molecule is CCCNC(c1ccccc1OC)c1cccc(C)c1C. The van der Waals surface area contributed by atoms with E-state index in [-0.39, 0.29) is 6.04 Å². The first kappa shape index (κ1) is 15.6. The van der Waals surface area contributed by atoms with Gasteiger partial charge in [0.2, 0.25) is 0 Å². The van der Waals surface area contributed by atoms with Crippen LogP contribution in [0, 0.1) is 13.8 Å². The van der Waals surface area contributed by atoms with E-state index in [2.05, 4.69) is 56.4 Å². The Bertz CT molecular complexity index is 592. The lowest BCUT2D eigenvalue weighted by Gasteiger charge is -2.24. The van der Waals surface area contributed by atoms with Gasteiger partial charge in [-0.25, -0.2) is 0 Å². The zero-order valence-corrected chi connectivity index (χ0v) is 13.4. The molecule has 2 nitrogen and oxygen atoms in total. The number of hydrogen-bond acceptors (Lipinski definition) is 2. The van der Waals surface area contributed by atoms with E-state index >= 15 is 0 Å². The second-order valence-corrected chi connectivity index (χ2v) is 5.42. The van der Waals surface area contributed by atoms with E-state index in [9.17, 15) is 0 Å². The quantitative estimate of drug-likeness (QED) is 0.848. The number of benzene rings is 2. The Labute approximate surface area is 128 Å². The highest BCUT2D eigenvalue weighted by Crippen LogP contribution is 2.32. The minimum absolute atomic E-state index is 0.168. The molecule has 0 saturated heterocycles. The Kier molecular flexibility index (Phi) is 5.40. The summed E-state index contributed by atoms with van der Waals surface area (Å²) in [5.41, 5.74) is 5.19. The smallest absolute Gasteiger partial charge is 0.123 e. The maximum absolute atomic E-state index is 5.56. The lowest BCUT2D eigenvalue weighted by atomic mass is 9.92. The van der Waals surface area contributed by atoms with Crippen molar-refractivity contribution in [3.8, 4) is 5.75 Å². The third-order valence-electron chi connectivity index (χ3n) is 4.01. The average Bonchev–Trinajstić information content (AvgIpc) is 2.52. The number of hydrogen-bond donors (Lipinski definition) is 1. The highest BCUT2D eigenvalue weighted by Gasteiger charge is 2.19. The predicted molar refractivity (Wildman–Crippen MR) is 89.0 cm³/mol. The van der Waals surface area contributed by atoms with Crippen molar-refractivity contribution in [3.05, 3.63) is 64.7 Å². The molecule has 0 saturated carbocycles. The third kappa shape index (κ3) is 3.45. The Morgan fingerprint density at radius 3 is 2.43 bits per heavy atom. The second-order valence-electron chi connectivity index (χ2n) is 5.42. The van der Waals surface area contributed by atoms with Gasteiger partial charge in [-0.05, 0) is 49.6 Å². The Balaban J connectivity index is 2.50. The van der Waals surface area contributed by atoms with E-state index in [1.54, 1.807) is 7.11 Å². The molecule has 2 aromatic carbocycles. The topological polar surface area (TPSA) is 21.3 Å². The van der Waals surface area contributed by atoms with Crippen LogP contribution >= 0.6 is 0 Å². The van der Waals surface area contributed by atoms with Crippen molar-refractivity contribution in [1.29, 1.82) is 0 Å². The summed E-state index contributed by atoms with van der Waals surface area (Å²) >= 11 is 0. The zero-order chi connectivity index (χ0) is 15.2. The van der Waals surface area contributed by atoms with Crippen LogP contribution in [0.1, 0.15) is 41.6 Å². The molecule has 2 aromatic rings.